The molecule has 204 valence electrons. The summed E-state index contributed by atoms with van der Waals surface area (Å²) in [5.41, 5.74) is -0.473. The maximum Gasteiger partial charge on any atom is 0.309 e. The first-order valence-electron chi connectivity index (χ1n) is 12.8. The minimum Gasteiger partial charge on any atom is -0.481 e. The third-order valence-corrected chi connectivity index (χ3v) is 6.70. The molecule has 0 bridgehead atoms. The number of aliphatic carboxylic acids is 1. The van der Waals surface area contributed by atoms with Crippen LogP contribution in [0.25, 0.3) is 0 Å². The highest BCUT2D eigenvalue weighted by Gasteiger charge is 2.27. The molecule has 2 rings (SSSR count). The van der Waals surface area contributed by atoms with E-state index < -0.39 is 17.0 Å². The third-order valence-electron chi connectivity index (χ3n) is 6.70. The highest BCUT2D eigenvalue weighted by molar-refractivity contribution is 6.23. The molecule has 38 heavy (non-hydrogen) atoms. The van der Waals surface area contributed by atoms with Gasteiger partial charge in [0.05, 0.1) is 5.41 Å². The summed E-state index contributed by atoms with van der Waals surface area (Å²) in [5.74, 6) is -2.19. The number of carbonyl (C=O) groups is 6. The smallest absolute Gasteiger partial charge is 0.309 e. The Labute approximate surface area is 223 Å². The molecule has 0 saturated carbocycles. The molecule has 0 aromatic carbocycles. The Kier molecular flexibility index (Phi) is 10.6. The van der Waals surface area contributed by atoms with Gasteiger partial charge in [-0.3, -0.25) is 28.8 Å². The molecule has 0 spiro atoms. The van der Waals surface area contributed by atoms with Gasteiger partial charge in [0.15, 0.2) is 23.1 Å². The predicted molar refractivity (Wildman–Crippen MR) is 141 cm³/mol. The van der Waals surface area contributed by atoms with Gasteiger partial charge in [-0.2, -0.15) is 0 Å². The summed E-state index contributed by atoms with van der Waals surface area (Å²) in [6, 6.07) is 0. The van der Waals surface area contributed by atoms with E-state index in [2.05, 4.69) is 0 Å². The number of carboxylic acids is 1. The molecule has 0 radical (unpaired) electrons. The lowest BCUT2D eigenvalue weighted by Crippen LogP contribution is -2.23. The molecular formula is C30H36O8. The molecule has 8 nitrogen and oxygen atoms in total. The molecular weight excluding hydrogens is 488 g/mol. The molecule has 0 aliphatic heterocycles. The second-order valence-corrected chi connectivity index (χ2v) is 10.9. The molecule has 2 aliphatic carbocycles. The maximum absolute atomic E-state index is 12.9. The number of rotatable bonds is 15. The first-order chi connectivity index (χ1) is 17.8. The van der Waals surface area contributed by atoms with E-state index in [1.165, 1.54) is 36.5 Å². The predicted octanol–water partition coefficient (Wildman–Crippen LogP) is 4.74. The SMILES string of the molecule is CC(C)(CCCCC1=CC(=O)C=C(/C=C\C2=CC(=O)C=C(CCCCC(C)(C)C(=O)O)C2=O)C1=O)OC=O. The van der Waals surface area contributed by atoms with Crippen LogP contribution in [-0.4, -0.2) is 46.3 Å². The van der Waals surface area contributed by atoms with E-state index in [9.17, 15) is 33.9 Å². The molecule has 0 aromatic rings. The molecule has 1 N–H and O–H groups in total. The Balaban J connectivity index is 1.96. The number of ether oxygens (including phenoxy) is 1. The largest absolute Gasteiger partial charge is 0.481 e. The van der Waals surface area contributed by atoms with E-state index in [4.69, 9.17) is 4.74 Å². The quantitative estimate of drug-likeness (QED) is 0.185. The number of Topliss-reactive ketones (excluding diaryl/α,β-unsaturated/α-hetero) is 2. The average Bonchev–Trinajstić information content (AvgIpc) is 2.82. The second-order valence-electron chi connectivity index (χ2n) is 10.9. The molecule has 2 aliphatic rings. The first kappa shape index (κ1) is 30.5. The Hall–Kier alpha value is -3.68. The third kappa shape index (κ3) is 9.01. The molecule has 0 aromatic heterocycles. The van der Waals surface area contributed by atoms with Crippen LogP contribution in [-0.2, 0) is 33.5 Å². The van der Waals surface area contributed by atoms with E-state index in [1.807, 2.05) is 0 Å². The van der Waals surface area contributed by atoms with Gasteiger partial charge in [0, 0.05) is 22.3 Å². The summed E-state index contributed by atoms with van der Waals surface area (Å²) in [7, 11) is 0. The number of ketones is 4. The van der Waals surface area contributed by atoms with Crippen molar-refractivity contribution in [3.63, 3.8) is 0 Å². The van der Waals surface area contributed by atoms with Crippen LogP contribution in [0, 0.1) is 5.41 Å². The fraction of sp³-hybridized carbons (Fsp3) is 0.467. The lowest BCUT2D eigenvalue weighted by molar-refractivity contribution is -0.147. The van der Waals surface area contributed by atoms with Gasteiger partial charge in [-0.25, -0.2) is 0 Å². The van der Waals surface area contributed by atoms with Crippen molar-refractivity contribution in [1.82, 2.24) is 0 Å². The Morgan fingerprint density at radius 3 is 1.63 bits per heavy atom. The van der Waals surface area contributed by atoms with E-state index in [1.54, 1.807) is 27.7 Å². The van der Waals surface area contributed by atoms with Gasteiger partial charge >= 0.3 is 5.97 Å². The molecule has 8 heteroatoms. The first-order valence-corrected chi connectivity index (χ1v) is 12.8. The van der Waals surface area contributed by atoms with Gasteiger partial charge in [0.1, 0.15) is 5.60 Å². The van der Waals surface area contributed by atoms with Crippen molar-refractivity contribution in [3.05, 3.63) is 58.7 Å². The summed E-state index contributed by atoms with van der Waals surface area (Å²) in [5, 5.41) is 9.23. The molecule has 0 unspecified atom stereocenters. The molecule has 0 fully saturated rings. The number of carboxylic acid groups (broad SMARTS) is 1. The normalized spacial score (nSPS) is 16.7. The molecule has 0 atom stereocenters. The minimum absolute atomic E-state index is 0.132. The van der Waals surface area contributed by atoms with Gasteiger partial charge in [-0.05, 0) is 96.9 Å². The van der Waals surface area contributed by atoms with E-state index >= 15 is 0 Å². The number of unbranched alkanes of at least 4 members (excludes halogenated alkanes) is 2. The monoisotopic (exact) mass is 524 g/mol. The van der Waals surface area contributed by atoms with E-state index in [0.717, 1.165) is 0 Å². The Morgan fingerprint density at radius 2 is 1.21 bits per heavy atom. The number of hydrogen-bond acceptors (Lipinski definition) is 7. The lowest BCUT2D eigenvalue weighted by Gasteiger charge is -2.22. The summed E-state index contributed by atoms with van der Waals surface area (Å²) < 4.78 is 5.02. The highest BCUT2D eigenvalue weighted by Crippen LogP contribution is 2.27. The lowest BCUT2D eigenvalue weighted by atomic mass is 9.85. The van der Waals surface area contributed by atoms with Crippen molar-refractivity contribution in [2.75, 3.05) is 0 Å². The van der Waals surface area contributed by atoms with Gasteiger partial charge in [0.2, 0.25) is 0 Å². The topological polar surface area (TPSA) is 132 Å². The summed E-state index contributed by atoms with van der Waals surface area (Å²) >= 11 is 0. The van der Waals surface area contributed by atoms with Crippen LogP contribution < -0.4 is 0 Å². The van der Waals surface area contributed by atoms with Gasteiger partial charge in [-0.15, -0.1) is 0 Å². The van der Waals surface area contributed by atoms with Crippen LogP contribution in [0.5, 0.6) is 0 Å². The van der Waals surface area contributed by atoms with Crippen molar-refractivity contribution in [3.8, 4) is 0 Å². The minimum atomic E-state index is -0.882. The summed E-state index contributed by atoms with van der Waals surface area (Å²) in [6.45, 7) is 7.31. The molecule has 0 heterocycles. The van der Waals surface area contributed by atoms with Crippen LogP contribution >= 0.6 is 0 Å². The summed E-state index contributed by atoms with van der Waals surface area (Å²) in [6.07, 6.45) is 12.1. The number of allylic oxidation sites excluding steroid dienone is 10. The zero-order chi connectivity index (χ0) is 28.5. The van der Waals surface area contributed by atoms with Gasteiger partial charge < -0.3 is 9.84 Å². The number of hydrogen-bond donors (Lipinski definition) is 1. The van der Waals surface area contributed by atoms with Crippen molar-refractivity contribution >= 4 is 35.6 Å². The van der Waals surface area contributed by atoms with Crippen molar-refractivity contribution in [1.29, 1.82) is 0 Å². The zero-order valence-electron chi connectivity index (χ0n) is 22.5. The van der Waals surface area contributed by atoms with Crippen molar-refractivity contribution in [2.45, 2.75) is 84.7 Å². The fourth-order valence-electron chi connectivity index (χ4n) is 4.21. The summed E-state index contributed by atoms with van der Waals surface area (Å²) in [4.78, 5) is 72.0. The van der Waals surface area contributed by atoms with Crippen LogP contribution in [0.4, 0.5) is 0 Å². The maximum atomic E-state index is 12.9. The zero-order valence-corrected chi connectivity index (χ0v) is 22.5. The van der Waals surface area contributed by atoms with Crippen molar-refractivity contribution in [2.24, 2.45) is 5.41 Å². The van der Waals surface area contributed by atoms with E-state index in [0.29, 0.717) is 69.0 Å². The van der Waals surface area contributed by atoms with Gasteiger partial charge in [-0.1, -0.05) is 18.6 Å². The molecule has 0 amide bonds. The standard InChI is InChI=1S/C30H36O8/c1-29(2,28(36)37)13-7-5-9-20-15-24(32)17-22(26(20)34)11-12-23-18-25(33)16-21(27(23)35)10-6-8-14-30(3,4)38-19-31/h11-12,15-19H,5-10,13-14H2,1-4H3,(H,36,37)/b12-11-. The van der Waals surface area contributed by atoms with Crippen LogP contribution in [0.2, 0.25) is 0 Å². The van der Waals surface area contributed by atoms with Crippen LogP contribution in [0.3, 0.4) is 0 Å². The fourth-order valence-corrected chi connectivity index (χ4v) is 4.21. The average molecular weight is 525 g/mol. The molecule has 0 saturated heterocycles. The van der Waals surface area contributed by atoms with Crippen LogP contribution in [0.1, 0.15) is 79.1 Å². The second kappa shape index (κ2) is 13.2. The van der Waals surface area contributed by atoms with Gasteiger partial charge in [0.25, 0.3) is 6.47 Å². The van der Waals surface area contributed by atoms with E-state index in [-0.39, 0.29) is 34.3 Å². The van der Waals surface area contributed by atoms with Crippen LogP contribution in [0.15, 0.2) is 58.7 Å². The Morgan fingerprint density at radius 1 is 0.763 bits per heavy atom. The highest BCUT2D eigenvalue weighted by atomic mass is 16.5. The van der Waals surface area contributed by atoms with Crippen molar-refractivity contribution < 1.29 is 38.6 Å². The number of carbonyl (C=O) groups excluding carboxylic acids is 5. The Bertz CT molecular complexity index is 1150.